The van der Waals surface area contributed by atoms with Crippen LogP contribution in [0.4, 0.5) is 10.8 Å². The molecule has 0 unspecified atom stereocenters. The molecule has 1 fully saturated rings. The molecule has 19 heavy (non-hydrogen) atoms. The lowest BCUT2D eigenvalue weighted by atomic mass is 10.3. The monoisotopic (exact) mass is 294 g/mol. The zero-order valence-corrected chi connectivity index (χ0v) is 12.9. The van der Waals surface area contributed by atoms with E-state index in [1.807, 2.05) is 6.92 Å². The standard InChI is InChI=1S/C13H18N4S2/c1-3-17(6-9-4-5-9)13-10(11(14)16-19-13)12-15-8(2)7-18-12/h7,9H,3-6H2,1-2H3,(H2,14,16). The summed E-state index contributed by atoms with van der Waals surface area (Å²) in [5.41, 5.74) is 8.14. The number of hydrogen-bond acceptors (Lipinski definition) is 6. The average Bonchev–Trinajstić information content (AvgIpc) is 3.00. The van der Waals surface area contributed by atoms with Crippen LogP contribution >= 0.6 is 22.9 Å². The minimum absolute atomic E-state index is 0.614. The molecule has 1 aliphatic rings. The zero-order chi connectivity index (χ0) is 13.4. The summed E-state index contributed by atoms with van der Waals surface area (Å²) in [6, 6.07) is 0. The van der Waals surface area contributed by atoms with Crippen LogP contribution in [0.1, 0.15) is 25.5 Å². The number of nitrogens with two attached hydrogens (primary N) is 1. The van der Waals surface area contributed by atoms with Crippen molar-refractivity contribution in [3.8, 4) is 10.6 Å². The lowest BCUT2D eigenvalue weighted by Crippen LogP contribution is -2.24. The van der Waals surface area contributed by atoms with Crippen molar-refractivity contribution in [3.63, 3.8) is 0 Å². The fraction of sp³-hybridized carbons (Fsp3) is 0.538. The first-order valence-electron chi connectivity index (χ1n) is 6.61. The van der Waals surface area contributed by atoms with Crippen molar-refractivity contribution >= 4 is 33.7 Å². The molecule has 1 aliphatic carbocycles. The van der Waals surface area contributed by atoms with E-state index in [1.165, 1.54) is 29.4 Å². The number of rotatable bonds is 5. The highest BCUT2D eigenvalue weighted by molar-refractivity contribution is 7.15. The third kappa shape index (κ3) is 2.60. The van der Waals surface area contributed by atoms with Crippen LogP contribution in [0, 0.1) is 12.8 Å². The first kappa shape index (κ1) is 12.9. The molecular weight excluding hydrogens is 276 g/mol. The van der Waals surface area contributed by atoms with E-state index in [0.29, 0.717) is 5.82 Å². The molecule has 4 nitrogen and oxygen atoms in total. The molecule has 0 aromatic carbocycles. The van der Waals surface area contributed by atoms with Crippen LogP contribution in [0.5, 0.6) is 0 Å². The summed E-state index contributed by atoms with van der Waals surface area (Å²) < 4.78 is 4.34. The van der Waals surface area contributed by atoms with Crippen LogP contribution in [0.2, 0.25) is 0 Å². The molecule has 1 saturated carbocycles. The van der Waals surface area contributed by atoms with Crippen molar-refractivity contribution < 1.29 is 0 Å². The SMILES string of the molecule is CCN(CC1CC1)c1snc(N)c1-c1nc(C)cs1. The lowest BCUT2D eigenvalue weighted by molar-refractivity contribution is 0.748. The minimum atomic E-state index is 0.614. The highest BCUT2D eigenvalue weighted by Gasteiger charge is 2.27. The summed E-state index contributed by atoms with van der Waals surface area (Å²) in [6.07, 6.45) is 2.72. The first-order chi connectivity index (χ1) is 9.19. The smallest absolute Gasteiger partial charge is 0.149 e. The number of aromatic nitrogens is 2. The molecule has 0 saturated heterocycles. The Morgan fingerprint density at radius 2 is 2.26 bits per heavy atom. The van der Waals surface area contributed by atoms with Gasteiger partial charge < -0.3 is 10.6 Å². The van der Waals surface area contributed by atoms with Gasteiger partial charge in [0, 0.05) is 24.2 Å². The van der Waals surface area contributed by atoms with Crippen LogP contribution in [-0.2, 0) is 0 Å². The second kappa shape index (κ2) is 5.09. The Morgan fingerprint density at radius 3 is 2.84 bits per heavy atom. The second-order valence-corrected chi connectivity index (χ2v) is 6.63. The topological polar surface area (TPSA) is 55.0 Å². The molecule has 0 bridgehead atoms. The molecule has 0 radical (unpaired) electrons. The van der Waals surface area contributed by atoms with Gasteiger partial charge in [-0.25, -0.2) is 4.98 Å². The van der Waals surface area contributed by atoms with Gasteiger partial charge in [0.1, 0.15) is 15.8 Å². The molecule has 2 aromatic rings. The van der Waals surface area contributed by atoms with Crippen LogP contribution < -0.4 is 10.6 Å². The van der Waals surface area contributed by atoms with Gasteiger partial charge >= 0.3 is 0 Å². The highest BCUT2D eigenvalue weighted by Crippen LogP contribution is 2.42. The van der Waals surface area contributed by atoms with Crippen molar-refractivity contribution in [3.05, 3.63) is 11.1 Å². The average molecular weight is 294 g/mol. The van der Waals surface area contributed by atoms with E-state index >= 15 is 0 Å². The van der Waals surface area contributed by atoms with E-state index in [-0.39, 0.29) is 0 Å². The minimum Gasteiger partial charge on any atom is -0.382 e. The summed E-state index contributed by atoms with van der Waals surface area (Å²) in [4.78, 5) is 6.97. The molecule has 6 heteroatoms. The molecule has 2 aromatic heterocycles. The van der Waals surface area contributed by atoms with Crippen LogP contribution in [0.3, 0.4) is 0 Å². The Labute approximate surface area is 121 Å². The fourth-order valence-corrected chi connectivity index (χ4v) is 3.95. The highest BCUT2D eigenvalue weighted by atomic mass is 32.1. The molecule has 3 rings (SSSR count). The predicted octanol–water partition coefficient (Wildman–Crippen LogP) is 3.39. The first-order valence-corrected chi connectivity index (χ1v) is 8.27. The van der Waals surface area contributed by atoms with Gasteiger partial charge in [-0.05, 0) is 44.1 Å². The molecule has 2 N–H and O–H groups in total. The van der Waals surface area contributed by atoms with E-state index in [4.69, 9.17) is 5.73 Å². The molecule has 102 valence electrons. The number of anilines is 2. The number of thiazole rings is 1. The van der Waals surface area contributed by atoms with Crippen molar-refractivity contribution in [1.82, 2.24) is 9.36 Å². The van der Waals surface area contributed by atoms with E-state index in [0.717, 1.165) is 35.3 Å². The van der Waals surface area contributed by atoms with Gasteiger partial charge in [0.05, 0.1) is 5.56 Å². The summed E-state index contributed by atoms with van der Waals surface area (Å²) in [6.45, 7) is 6.32. The van der Waals surface area contributed by atoms with Crippen LogP contribution in [0.25, 0.3) is 10.6 Å². The zero-order valence-electron chi connectivity index (χ0n) is 11.2. The van der Waals surface area contributed by atoms with E-state index in [1.54, 1.807) is 11.3 Å². The lowest BCUT2D eigenvalue weighted by Gasteiger charge is -2.21. The van der Waals surface area contributed by atoms with Gasteiger partial charge in [0.25, 0.3) is 0 Å². The molecule has 0 atom stereocenters. The number of nitrogens with zero attached hydrogens (tertiary/aromatic N) is 3. The van der Waals surface area contributed by atoms with Crippen LogP contribution in [0.15, 0.2) is 5.38 Å². The predicted molar refractivity (Wildman–Crippen MR) is 83.0 cm³/mol. The molecule has 0 amide bonds. The summed E-state index contributed by atoms with van der Waals surface area (Å²) >= 11 is 3.15. The Hall–Kier alpha value is -1.14. The Balaban J connectivity index is 1.96. The van der Waals surface area contributed by atoms with Gasteiger partial charge in [-0.3, -0.25) is 0 Å². The van der Waals surface area contributed by atoms with E-state index < -0.39 is 0 Å². The second-order valence-electron chi connectivity index (χ2n) is 5.02. The van der Waals surface area contributed by atoms with Gasteiger partial charge in [0.15, 0.2) is 0 Å². The summed E-state index contributed by atoms with van der Waals surface area (Å²) in [7, 11) is 0. The quantitative estimate of drug-likeness (QED) is 0.918. The maximum atomic E-state index is 6.06. The number of hydrogen-bond donors (Lipinski definition) is 1. The van der Waals surface area contributed by atoms with Crippen molar-refractivity contribution in [2.75, 3.05) is 23.7 Å². The summed E-state index contributed by atoms with van der Waals surface area (Å²) in [5, 5.41) is 4.24. The summed E-state index contributed by atoms with van der Waals surface area (Å²) in [5.74, 6) is 1.47. The molecule has 0 aliphatic heterocycles. The third-order valence-electron chi connectivity index (χ3n) is 3.38. The normalized spacial score (nSPS) is 14.8. The van der Waals surface area contributed by atoms with Gasteiger partial charge in [-0.15, -0.1) is 11.3 Å². The maximum Gasteiger partial charge on any atom is 0.149 e. The largest absolute Gasteiger partial charge is 0.382 e. The van der Waals surface area contributed by atoms with E-state index in [9.17, 15) is 0 Å². The Kier molecular flexibility index (Phi) is 3.45. The number of nitrogen functional groups attached to an aromatic ring is 1. The van der Waals surface area contributed by atoms with E-state index in [2.05, 4.69) is 26.6 Å². The molecule has 0 spiro atoms. The van der Waals surface area contributed by atoms with Gasteiger partial charge in [-0.2, -0.15) is 4.37 Å². The van der Waals surface area contributed by atoms with Crippen molar-refractivity contribution in [2.45, 2.75) is 26.7 Å². The Bertz CT molecular complexity index is 571. The molecule has 2 heterocycles. The van der Waals surface area contributed by atoms with Crippen LogP contribution in [-0.4, -0.2) is 22.4 Å². The number of aryl methyl sites for hydroxylation is 1. The van der Waals surface area contributed by atoms with Gasteiger partial charge in [0.2, 0.25) is 0 Å². The Morgan fingerprint density at radius 1 is 1.47 bits per heavy atom. The fourth-order valence-electron chi connectivity index (χ4n) is 2.15. The third-order valence-corrected chi connectivity index (χ3v) is 5.28. The van der Waals surface area contributed by atoms with Crippen molar-refractivity contribution in [1.29, 1.82) is 0 Å². The van der Waals surface area contributed by atoms with Crippen molar-refractivity contribution in [2.24, 2.45) is 5.92 Å². The molecular formula is C13H18N4S2. The van der Waals surface area contributed by atoms with Gasteiger partial charge in [-0.1, -0.05) is 0 Å². The maximum absolute atomic E-state index is 6.06.